The third kappa shape index (κ3) is 7.89. The third-order valence-corrected chi connectivity index (χ3v) is 3.49. The summed E-state index contributed by atoms with van der Waals surface area (Å²) >= 11 is 1.99. The smallest absolute Gasteiger partial charge is 0.377 e. The molecule has 1 unspecified atom stereocenters. The summed E-state index contributed by atoms with van der Waals surface area (Å²) in [5, 5.41) is 0. The molecular weight excluding hydrogens is 341 g/mol. The highest BCUT2D eigenvalue weighted by Crippen LogP contribution is 2.28. The van der Waals surface area contributed by atoms with Gasteiger partial charge in [-0.05, 0) is 13.3 Å². The Morgan fingerprint density at radius 1 is 1.29 bits per heavy atom. The lowest BCUT2D eigenvalue weighted by Gasteiger charge is -2.17. The third-order valence-electron chi connectivity index (χ3n) is 2.42. The summed E-state index contributed by atoms with van der Waals surface area (Å²) in [5.41, 5.74) is 0. The van der Waals surface area contributed by atoms with E-state index in [1.165, 1.54) is 6.92 Å². The number of unbranched alkanes of at least 4 members (excludes halogenated alkanes) is 3. The second kappa shape index (κ2) is 9.05. The van der Waals surface area contributed by atoms with E-state index in [9.17, 15) is 13.6 Å². The maximum atomic E-state index is 13.4. The highest BCUT2D eigenvalue weighted by atomic mass is 127. The number of halogens is 3. The Hall–Kier alpha value is 0.0600. The van der Waals surface area contributed by atoms with E-state index in [2.05, 4.69) is 11.7 Å². The van der Waals surface area contributed by atoms with Crippen LogP contribution in [0.3, 0.4) is 0 Å². The molecule has 0 fully saturated rings. The zero-order valence-corrected chi connectivity index (χ0v) is 12.6. The largest absolute Gasteiger partial charge is 0.462 e. The first kappa shape index (κ1) is 17.1. The molecule has 0 bridgehead atoms. The molecule has 1 atom stereocenters. The van der Waals surface area contributed by atoms with Crippen molar-refractivity contribution in [3.63, 3.8) is 0 Å². The van der Waals surface area contributed by atoms with E-state index in [1.807, 2.05) is 22.6 Å². The first-order valence-electron chi connectivity index (χ1n) is 6.13. The van der Waals surface area contributed by atoms with Gasteiger partial charge >= 0.3 is 11.9 Å². The van der Waals surface area contributed by atoms with Crippen molar-refractivity contribution in [2.45, 2.75) is 62.2 Å². The molecular formula is C12H21F2IO2. The monoisotopic (exact) mass is 362 g/mol. The van der Waals surface area contributed by atoms with Gasteiger partial charge in [-0.2, -0.15) is 8.78 Å². The molecule has 0 radical (unpaired) electrons. The van der Waals surface area contributed by atoms with Crippen LogP contribution in [0.1, 0.15) is 52.4 Å². The molecule has 0 rings (SSSR count). The first-order valence-corrected chi connectivity index (χ1v) is 7.37. The van der Waals surface area contributed by atoms with Crippen LogP contribution in [0.5, 0.6) is 0 Å². The second-order valence-electron chi connectivity index (χ2n) is 4.08. The van der Waals surface area contributed by atoms with Crippen molar-refractivity contribution in [3.05, 3.63) is 0 Å². The van der Waals surface area contributed by atoms with E-state index in [1.54, 1.807) is 0 Å². The van der Waals surface area contributed by atoms with Gasteiger partial charge in [0.2, 0.25) is 0 Å². The van der Waals surface area contributed by atoms with Crippen LogP contribution < -0.4 is 0 Å². The zero-order valence-electron chi connectivity index (χ0n) is 10.5. The lowest BCUT2D eigenvalue weighted by Crippen LogP contribution is -2.33. The minimum absolute atomic E-state index is 0.00314. The van der Waals surface area contributed by atoms with E-state index in [4.69, 9.17) is 0 Å². The van der Waals surface area contributed by atoms with E-state index >= 15 is 0 Å². The lowest BCUT2D eigenvalue weighted by atomic mass is 10.1. The van der Waals surface area contributed by atoms with Crippen LogP contribution >= 0.6 is 22.6 Å². The molecule has 0 heterocycles. The van der Waals surface area contributed by atoms with Gasteiger partial charge in [0, 0.05) is 10.3 Å². The Kier molecular flexibility index (Phi) is 9.08. The van der Waals surface area contributed by atoms with Crippen LogP contribution in [0.15, 0.2) is 0 Å². The number of alkyl halides is 3. The lowest BCUT2D eigenvalue weighted by molar-refractivity contribution is -0.172. The summed E-state index contributed by atoms with van der Waals surface area (Å²) < 4.78 is 30.9. The fourth-order valence-corrected chi connectivity index (χ4v) is 2.49. The minimum Gasteiger partial charge on any atom is -0.462 e. The van der Waals surface area contributed by atoms with Gasteiger partial charge in [-0.25, -0.2) is 4.79 Å². The van der Waals surface area contributed by atoms with E-state index in [0.717, 1.165) is 32.1 Å². The van der Waals surface area contributed by atoms with Crippen molar-refractivity contribution in [2.75, 3.05) is 6.61 Å². The number of esters is 1. The molecule has 5 heteroatoms. The molecule has 0 amide bonds. The fourth-order valence-electron chi connectivity index (χ4n) is 1.49. The fraction of sp³-hybridized carbons (Fsp3) is 0.917. The van der Waals surface area contributed by atoms with Gasteiger partial charge in [0.1, 0.15) is 0 Å². The average molecular weight is 362 g/mol. The van der Waals surface area contributed by atoms with Gasteiger partial charge in [-0.3, -0.25) is 0 Å². The molecule has 0 N–H and O–H groups in total. The van der Waals surface area contributed by atoms with Crippen LogP contribution in [-0.2, 0) is 9.53 Å². The molecule has 0 aromatic rings. The van der Waals surface area contributed by atoms with Crippen LogP contribution in [0.4, 0.5) is 8.78 Å². The van der Waals surface area contributed by atoms with Crippen molar-refractivity contribution in [1.29, 1.82) is 0 Å². The van der Waals surface area contributed by atoms with Crippen molar-refractivity contribution < 1.29 is 18.3 Å². The summed E-state index contributed by atoms with van der Waals surface area (Å²) in [5.74, 6) is -4.73. The van der Waals surface area contributed by atoms with Crippen LogP contribution in [0, 0.1) is 0 Å². The molecule has 0 aliphatic rings. The molecule has 0 saturated carbocycles. The first-order chi connectivity index (χ1) is 7.94. The number of hydrogen-bond donors (Lipinski definition) is 0. The molecule has 0 aromatic carbocycles. The number of rotatable bonds is 9. The molecule has 17 heavy (non-hydrogen) atoms. The Morgan fingerprint density at radius 3 is 2.47 bits per heavy atom. The highest BCUT2D eigenvalue weighted by Gasteiger charge is 2.41. The predicted octanol–water partition coefficient (Wildman–Crippen LogP) is 4.35. The quantitative estimate of drug-likeness (QED) is 0.264. The number of carbonyl (C=O) groups is 1. The second-order valence-corrected chi connectivity index (χ2v) is 5.84. The van der Waals surface area contributed by atoms with Gasteiger partial charge in [0.15, 0.2) is 0 Å². The summed E-state index contributed by atoms with van der Waals surface area (Å²) in [6.45, 7) is 3.63. The Labute approximate surface area is 116 Å². The van der Waals surface area contributed by atoms with Crippen LogP contribution in [0.2, 0.25) is 0 Å². The van der Waals surface area contributed by atoms with E-state index < -0.39 is 18.3 Å². The molecule has 102 valence electrons. The predicted molar refractivity (Wildman–Crippen MR) is 72.8 cm³/mol. The number of ether oxygens (including phenoxy) is 1. The standard InChI is InChI=1S/C12H21F2IO2/c1-3-5-6-7-8-10(15)9-12(13,14)11(16)17-4-2/h10H,3-9H2,1-2H3. The van der Waals surface area contributed by atoms with Gasteiger partial charge in [-0.1, -0.05) is 55.2 Å². The zero-order chi connectivity index (χ0) is 13.3. The van der Waals surface area contributed by atoms with Gasteiger partial charge in [0.05, 0.1) is 6.61 Å². The maximum absolute atomic E-state index is 13.4. The Bertz CT molecular complexity index is 223. The molecule has 0 aliphatic heterocycles. The van der Waals surface area contributed by atoms with E-state index in [0.29, 0.717) is 0 Å². The van der Waals surface area contributed by atoms with Gasteiger partial charge in [-0.15, -0.1) is 0 Å². The van der Waals surface area contributed by atoms with Crippen LogP contribution in [-0.4, -0.2) is 22.4 Å². The average Bonchev–Trinajstić information content (AvgIpc) is 2.24. The topological polar surface area (TPSA) is 26.3 Å². The summed E-state index contributed by atoms with van der Waals surface area (Å²) in [7, 11) is 0. The van der Waals surface area contributed by atoms with Crippen molar-refractivity contribution in [3.8, 4) is 0 Å². The van der Waals surface area contributed by atoms with Crippen LogP contribution in [0.25, 0.3) is 0 Å². The summed E-state index contributed by atoms with van der Waals surface area (Å²) in [4.78, 5) is 11.0. The Morgan fingerprint density at radius 2 is 1.94 bits per heavy atom. The molecule has 2 nitrogen and oxygen atoms in total. The summed E-state index contributed by atoms with van der Waals surface area (Å²) in [6.07, 6.45) is 4.60. The maximum Gasteiger partial charge on any atom is 0.377 e. The Balaban J connectivity index is 3.91. The van der Waals surface area contributed by atoms with Gasteiger partial charge in [0.25, 0.3) is 0 Å². The van der Waals surface area contributed by atoms with Crippen molar-refractivity contribution >= 4 is 28.6 Å². The van der Waals surface area contributed by atoms with Gasteiger partial charge < -0.3 is 4.74 Å². The molecule has 0 aromatic heterocycles. The molecule has 0 aliphatic carbocycles. The summed E-state index contributed by atoms with van der Waals surface area (Å²) in [6, 6.07) is 0. The highest BCUT2D eigenvalue weighted by molar-refractivity contribution is 14.1. The normalized spacial score (nSPS) is 13.5. The SMILES string of the molecule is CCCCCCC(I)CC(F)(F)C(=O)OCC. The molecule has 0 spiro atoms. The van der Waals surface area contributed by atoms with E-state index in [-0.39, 0.29) is 10.5 Å². The molecule has 0 saturated heterocycles. The number of hydrogen-bond acceptors (Lipinski definition) is 2. The van der Waals surface area contributed by atoms with Crippen molar-refractivity contribution in [2.24, 2.45) is 0 Å². The van der Waals surface area contributed by atoms with Crippen molar-refractivity contribution in [1.82, 2.24) is 0 Å². The minimum atomic E-state index is -3.34. The number of carbonyl (C=O) groups excluding carboxylic acids is 1.